The van der Waals surface area contributed by atoms with E-state index in [1.54, 1.807) is 0 Å². The normalized spacial score (nSPS) is 18.6. The lowest BCUT2D eigenvalue weighted by molar-refractivity contribution is -0.113. The minimum Gasteiger partial charge on any atom is -0.321 e. The van der Waals surface area contributed by atoms with E-state index in [0.717, 1.165) is 18.2 Å². The van der Waals surface area contributed by atoms with Crippen LogP contribution in [0.4, 0.5) is 14.5 Å². The Morgan fingerprint density at radius 1 is 1.18 bits per heavy atom. The number of anilines is 1. The van der Waals surface area contributed by atoms with Gasteiger partial charge in [0.15, 0.2) is 15.7 Å². The zero-order chi connectivity index (χ0) is 24.7. The van der Waals surface area contributed by atoms with Gasteiger partial charge in [0.05, 0.1) is 29.3 Å². The van der Waals surface area contributed by atoms with Gasteiger partial charge in [-0.05, 0) is 29.8 Å². The van der Waals surface area contributed by atoms with Gasteiger partial charge >= 0.3 is 0 Å². The molecule has 34 heavy (non-hydrogen) atoms. The van der Waals surface area contributed by atoms with Crippen molar-refractivity contribution in [3.63, 3.8) is 0 Å². The Hall–Kier alpha value is -3.15. The first kappa shape index (κ1) is 24.0. The molecule has 0 aliphatic heterocycles. The van der Waals surface area contributed by atoms with E-state index in [2.05, 4.69) is 20.5 Å². The van der Waals surface area contributed by atoms with Crippen LogP contribution >= 0.6 is 23.2 Å². The fourth-order valence-corrected chi connectivity index (χ4v) is 4.84. The molecular formula is C21H15Cl2F2N5O3S. The topological polar surface area (TPSA) is 107 Å². The Kier molecular flexibility index (Phi) is 6.28. The quantitative estimate of drug-likeness (QED) is 0.537. The summed E-state index contributed by atoms with van der Waals surface area (Å²) in [6.45, 7) is 0. The highest BCUT2D eigenvalue weighted by molar-refractivity contribution is 7.92. The molecule has 1 amide bonds. The Bertz CT molecular complexity index is 1440. The predicted octanol–water partition coefficient (Wildman–Crippen LogP) is 4.08. The first-order chi connectivity index (χ1) is 16.0. The summed E-state index contributed by atoms with van der Waals surface area (Å²) in [6.07, 6.45) is 5.07. The van der Waals surface area contributed by atoms with Gasteiger partial charge in [0, 0.05) is 28.9 Å². The van der Waals surface area contributed by atoms with Gasteiger partial charge in [-0.1, -0.05) is 35.3 Å². The molecule has 1 aliphatic rings. The maximum Gasteiger partial charge on any atom is 0.253 e. The number of alkyl halides is 1. The van der Waals surface area contributed by atoms with Gasteiger partial charge in [0.2, 0.25) is 5.00 Å². The summed E-state index contributed by atoms with van der Waals surface area (Å²) in [5, 5.41) is 7.31. The molecule has 8 nitrogen and oxygen atoms in total. The van der Waals surface area contributed by atoms with Crippen molar-refractivity contribution in [3.8, 4) is 5.82 Å². The molecule has 4 rings (SSSR count). The fourth-order valence-electron chi connectivity index (χ4n) is 3.35. The molecule has 1 aliphatic carbocycles. The van der Waals surface area contributed by atoms with Crippen molar-refractivity contribution >= 4 is 50.2 Å². The number of carbonyl (C=O) groups excluding carboxylic acids is 1. The van der Waals surface area contributed by atoms with E-state index >= 15 is 4.39 Å². The van der Waals surface area contributed by atoms with Crippen molar-refractivity contribution in [2.75, 3.05) is 11.6 Å². The fraction of sp³-hybridized carbons (Fsp3) is 0.143. The number of halogens is 4. The summed E-state index contributed by atoms with van der Waals surface area (Å²) in [5.74, 6) is -1.20. The third kappa shape index (κ3) is 4.46. The van der Waals surface area contributed by atoms with Gasteiger partial charge < -0.3 is 5.32 Å². The Balaban J connectivity index is 1.68. The van der Waals surface area contributed by atoms with Crippen LogP contribution in [-0.4, -0.2) is 45.6 Å². The number of nitrogens with zero attached hydrogens (tertiary/aromatic N) is 4. The Morgan fingerprint density at radius 2 is 1.82 bits per heavy atom. The van der Waals surface area contributed by atoms with Gasteiger partial charge in [0.1, 0.15) is 5.82 Å². The molecular weight excluding hydrogens is 511 g/mol. The molecule has 1 aromatic carbocycles. The van der Waals surface area contributed by atoms with Gasteiger partial charge in [-0.15, -0.1) is 4.80 Å². The zero-order valence-electron chi connectivity index (χ0n) is 17.3. The van der Waals surface area contributed by atoms with Crippen LogP contribution in [0.2, 0.25) is 5.02 Å². The molecule has 0 saturated heterocycles. The number of sulfone groups is 1. The van der Waals surface area contributed by atoms with Crippen molar-refractivity contribution < 1.29 is 22.0 Å². The van der Waals surface area contributed by atoms with Crippen molar-refractivity contribution in [1.29, 1.82) is 0 Å². The van der Waals surface area contributed by atoms with Crippen LogP contribution in [0.15, 0.2) is 65.6 Å². The molecule has 176 valence electrons. The minimum atomic E-state index is -4.38. The SMILES string of the molecule is CS(=O)(=O)C1(F)CC(C(=O)Nc2cnc(-n3nccn3)c(Cl)c2)=C(Cl)C=C1c1ccc(F)cc1. The third-order valence-corrected chi connectivity index (χ3v) is 7.23. The summed E-state index contributed by atoms with van der Waals surface area (Å²) in [4.78, 5) is 18.2. The maximum atomic E-state index is 16.1. The second-order valence-corrected chi connectivity index (χ2v) is 10.4. The third-order valence-electron chi connectivity index (χ3n) is 5.07. The van der Waals surface area contributed by atoms with E-state index < -0.39 is 33.0 Å². The average molecular weight is 526 g/mol. The number of allylic oxidation sites excluding steroid dienone is 2. The zero-order valence-corrected chi connectivity index (χ0v) is 19.7. The van der Waals surface area contributed by atoms with Crippen molar-refractivity contribution in [2.24, 2.45) is 0 Å². The van der Waals surface area contributed by atoms with E-state index in [1.807, 2.05) is 0 Å². The summed E-state index contributed by atoms with van der Waals surface area (Å²) < 4.78 is 54.3. The average Bonchev–Trinajstić information content (AvgIpc) is 3.29. The van der Waals surface area contributed by atoms with Crippen LogP contribution in [-0.2, 0) is 14.6 Å². The second-order valence-electron chi connectivity index (χ2n) is 7.37. The number of benzene rings is 1. The van der Waals surface area contributed by atoms with Crippen molar-refractivity contribution in [3.05, 3.63) is 82.0 Å². The summed E-state index contributed by atoms with van der Waals surface area (Å²) in [5.41, 5.74) is -0.322. The summed E-state index contributed by atoms with van der Waals surface area (Å²) in [6, 6.07) is 5.98. The van der Waals surface area contributed by atoms with E-state index in [4.69, 9.17) is 23.2 Å². The largest absolute Gasteiger partial charge is 0.321 e. The number of hydrogen-bond acceptors (Lipinski definition) is 6. The second kappa shape index (κ2) is 8.90. The number of amides is 1. The number of carbonyl (C=O) groups is 1. The van der Waals surface area contributed by atoms with Gasteiger partial charge in [-0.25, -0.2) is 22.2 Å². The van der Waals surface area contributed by atoms with E-state index in [0.29, 0.717) is 6.26 Å². The smallest absolute Gasteiger partial charge is 0.253 e. The molecule has 13 heteroatoms. The predicted molar refractivity (Wildman–Crippen MR) is 123 cm³/mol. The lowest BCUT2D eigenvalue weighted by Gasteiger charge is -2.31. The number of aromatic nitrogens is 4. The molecule has 3 aromatic rings. The number of nitrogens with one attached hydrogen (secondary N) is 1. The highest BCUT2D eigenvalue weighted by Crippen LogP contribution is 2.46. The van der Waals surface area contributed by atoms with E-state index in [1.165, 1.54) is 41.6 Å². The van der Waals surface area contributed by atoms with Crippen LogP contribution in [0.25, 0.3) is 11.4 Å². The summed E-state index contributed by atoms with van der Waals surface area (Å²) >= 11 is 12.5. The van der Waals surface area contributed by atoms with Crippen LogP contribution in [0.3, 0.4) is 0 Å². The van der Waals surface area contributed by atoms with Crippen LogP contribution in [0.1, 0.15) is 12.0 Å². The van der Waals surface area contributed by atoms with Crippen LogP contribution in [0, 0.1) is 5.82 Å². The lowest BCUT2D eigenvalue weighted by Crippen LogP contribution is -2.38. The Morgan fingerprint density at radius 3 is 2.41 bits per heavy atom. The van der Waals surface area contributed by atoms with Crippen LogP contribution in [0.5, 0.6) is 0 Å². The molecule has 0 fully saturated rings. The first-order valence-corrected chi connectivity index (χ1v) is 12.2. The lowest BCUT2D eigenvalue weighted by atomic mass is 9.90. The number of hydrogen-bond donors (Lipinski definition) is 1. The monoisotopic (exact) mass is 525 g/mol. The molecule has 0 spiro atoms. The molecule has 0 bridgehead atoms. The van der Waals surface area contributed by atoms with E-state index in [-0.39, 0.29) is 38.3 Å². The minimum absolute atomic E-state index is 0.116. The molecule has 2 heterocycles. The van der Waals surface area contributed by atoms with Gasteiger partial charge in [-0.2, -0.15) is 10.2 Å². The molecule has 0 saturated carbocycles. The van der Waals surface area contributed by atoms with Crippen LogP contribution < -0.4 is 5.32 Å². The maximum absolute atomic E-state index is 16.1. The molecule has 2 aromatic heterocycles. The first-order valence-electron chi connectivity index (χ1n) is 9.58. The van der Waals surface area contributed by atoms with Crippen molar-refractivity contribution in [2.45, 2.75) is 11.4 Å². The van der Waals surface area contributed by atoms with Gasteiger partial charge in [0.25, 0.3) is 5.91 Å². The molecule has 1 atom stereocenters. The standard InChI is InChI=1S/C21H15Cl2F2N5O3S/c1-34(32,33)21(25)10-15(17(22)9-16(21)12-2-4-13(24)5-3-12)20(31)29-14-8-18(23)19(26-11-14)30-27-6-7-28-30/h2-9,11H,10H2,1H3,(H,29,31). The van der Waals surface area contributed by atoms with Crippen molar-refractivity contribution in [1.82, 2.24) is 20.0 Å². The number of rotatable bonds is 5. The van der Waals surface area contributed by atoms with Gasteiger partial charge in [-0.3, -0.25) is 4.79 Å². The Labute approximate surface area is 202 Å². The molecule has 1 N–H and O–H groups in total. The number of pyridine rings is 1. The molecule has 1 unspecified atom stereocenters. The molecule has 0 radical (unpaired) electrons. The highest BCUT2D eigenvalue weighted by atomic mass is 35.5. The summed E-state index contributed by atoms with van der Waals surface area (Å²) in [7, 11) is -4.38. The van der Waals surface area contributed by atoms with E-state index in [9.17, 15) is 17.6 Å². The highest BCUT2D eigenvalue weighted by Gasteiger charge is 2.49.